The first-order valence-electron chi connectivity index (χ1n) is 5.29. The number of methoxy groups -OCH3 is 1. The first-order chi connectivity index (χ1) is 8.70. The van der Waals surface area contributed by atoms with Crippen molar-refractivity contribution in [3.63, 3.8) is 0 Å². The highest BCUT2D eigenvalue weighted by Crippen LogP contribution is 2.30. The number of aromatic nitrogens is 2. The Morgan fingerprint density at radius 3 is 2.94 bits per heavy atom. The molecule has 18 heavy (non-hydrogen) atoms. The molecule has 0 N–H and O–H groups in total. The standard InChI is InChI=1S/C12H12N2O3S/c1-8-11(17-7-10(15)16-2)14-12(18-8)9-5-3-4-6-13-9/h3-6H,7H2,1-2H3. The van der Waals surface area contributed by atoms with E-state index in [0.29, 0.717) is 5.88 Å². The second-order valence-electron chi connectivity index (χ2n) is 3.46. The summed E-state index contributed by atoms with van der Waals surface area (Å²) >= 11 is 1.48. The first kappa shape index (κ1) is 12.5. The van der Waals surface area contributed by atoms with Crippen LogP contribution in [0, 0.1) is 6.92 Å². The maximum Gasteiger partial charge on any atom is 0.343 e. The Labute approximate surface area is 108 Å². The number of hydrogen-bond donors (Lipinski definition) is 0. The van der Waals surface area contributed by atoms with Crippen molar-refractivity contribution >= 4 is 17.3 Å². The molecule has 0 aliphatic carbocycles. The molecule has 0 atom stereocenters. The lowest BCUT2D eigenvalue weighted by atomic mass is 10.4. The topological polar surface area (TPSA) is 61.3 Å². The predicted molar refractivity (Wildman–Crippen MR) is 67.6 cm³/mol. The monoisotopic (exact) mass is 264 g/mol. The molecule has 0 radical (unpaired) electrons. The van der Waals surface area contributed by atoms with E-state index < -0.39 is 5.97 Å². The Morgan fingerprint density at radius 2 is 2.28 bits per heavy atom. The van der Waals surface area contributed by atoms with Crippen molar-refractivity contribution < 1.29 is 14.3 Å². The van der Waals surface area contributed by atoms with Crippen molar-refractivity contribution in [2.75, 3.05) is 13.7 Å². The van der Waals surface area contributed by atoms with E-state index in [-0.39, 0.29) is 6.61 Å². The number of carbonyl (C=O) groups is 1. The first-order valence-corrected chi connectivity index (χ1v) is 6.11. The maximum absolute atomic E-state index is 11.0. The van der Waals surface area contributed by atoms with E-state index in [9.17, 15) is 4.79 Å². The maximum atomic E-state index is 11.0. The summed E-state index contributed by atoms with van der Waals surface area (Å²) in [6.07, 6.45) is 1.71. The van der Waals surface area contributed by atoms with Gasteiger partial charge in [-0.15, -0.1) is 11.3 Å². The van der Waals surface area contributed by atoms with Crippen LogP contribution in [0.4, 0.5) is 0 Å². The molecule has 2 aromatic heterocycles. The fourth-order valence-corrected chi connectivity index (χ4v) is 2.14. The van der Waals surface area contributed by atoms with E-state index in [0.717, 1.165) is 15.6 Å². The molecule has 0 aromatic carbocycles. The summed E-state index contributed by atoms with van der Waals surface area (Å²) in [5.74, 6) is 0.0211. The molecule has 6 heteroatoms. The van der Waals surface area contributed by atoms with Crippen molar-refractivity contribution in [2.24, 2.45) is 0 Å². The van der Waals surface area contributed by atoms with E-state index in [4.69, 9.17) is 4.74 Å². The zero-order valence-electron chi connectivity index (χ0n) is 10.0. The molecular weight excluding hydrogens is 252 g/mol. The van der Waals surface area contributed by atoms with Crippen LogP contribution < -0.4 is 4.74 Å². The molecule has 2 rings (SSSR count). The molecule has 0 unspecified atom stereocenters. The molecule has 5 nitrogen and oxygen atoms in total. The van der Waals surface area contributed by atoms with Crippen LogP contribution in [-0.4, -0.2) is 29.7 Å². The Kier molecular flexibility index (Phi) is 3.88. The molecule has 0 spiro atoms. The highest BCUT2D eigenvalue weighted by molar-refractivity contribution is 7.15. The average Bonchev–Trinajstić information content (AvgIpc) is 2.78. The molecule has 0 fully saturated rings. The highest BCUT2D eigenvalue weighted by atomic mass is 32.1. The number of thiazole rings is 1. The van der Waals surface area contributed by atoms with Gasteiger partial charge in [-0.05, 0) is 19.1 Å². The van der Waals surface area contributed by atoms with Gasteiger partial charge < -0.3 is 9.47 Å². The van der Waals surface area contributed by atoms with Crippen molar-refractivity contribution in [1.29, 1.82) is 0 Å². The highest BCUT2D eigenvalue weighted by Gasteiger charge is 2.12. The predicted octanol–water partition coefficient (Wildman–Crippen LogP) is 2.07. The minimum absolute atomic E-state index is 0.136. The molecule has 0 bridgehead atoms. The summed E-state index contributed by atoms with van der Waals surface area (Å²) in [7, 11) is 1.32. The molecule has 0 saturated heterocycles. The van der Waals surface area contributed by atoms with E-state index >= 15 is 0 Å². The summed E-state index contributed by atoms with van der Waals surface area (Å²) < 4.78 is 9.79. The number of ether oxygens (including phenoxy) is 2. The SMILES string of the molecule is COC(=O)COc1nc(-c2ccccn2)sc1C. The number of esters is 1. The normalized spacial score (nSPS) is 10.1. The van der Waals surface area contributed by atoms with Gasteiger partial charge in [0.15, 0.2) is 6.61 Å². The van der Waals surface area contributed by atoms with Crippen LogP contribution in [0.25, 0.3) is 10.7 Å². The van der Waals surface area contributed by atoms with Crippen molar-refractivity contribution in [3.8, 4) is 16.6 Å². The van der Waals surface area contributed by atoms with Gasteiger partial charge in [0.05, 0.1) is 17.7 Å². The average molecular weight is 264 g/mol. The van der Waals surface area contributed by atoms with Crippen LogP contribution in [0.15, 0.2) is 24.4 Å². The second-order valence-corrected chi connectivity index (χ2v) is 4.66. The van der Waals surface area contributed by atoms with Crippen molar-refractivity contribution in [1.82, 2.24) is 9.97 Å². The number of hydrogen-bond acceptors (Lipinski definition) is 6. The molecule has 2 aromatic rings. The minimum atomic E-state index is -0.429. The summed E-state index contributed by atoms with van der Waals surface area (Å²) in [6, 6.07) is 5.62. The van der Waals surface area contributed by atoms with Crippen molar-refractivity contribution in [2.45, 2.75) is 6.92 Å². The fourth-order valence-electron chi connectivity index (χ4n) is 1.30. The van der Waals surface area contributed by atoms with Crippen LogP contribution in [0.2, 0.25) is 0 Å². The van der Waals surface area contributed by atoms with Gasteiger partial charge in [0.2, 0.25) is 5.88 Å². The van der Waals surface area contributed by atoms with Crippen molar-refractivity contribution in [3.05, 3.63) is 29.3 Å². The largest absolute Gasteiger partial charge is 0.466 e. The Hall–Kier alpha value is -1.95. The number of aryl methyl sites for hydroxylation is 1. The molecule has 2 heterocycles. The lowest BCUT2D eigenvalue weighted by molar-refractivity contribution is -0.143. The second kappa shape index (κ2) is 5.59. The van der Waals surface area contributed by atoms with Gasteiger partial charge >= 0.3 is 5.97 Å². The van der Waals surface area contributed by atoms with Gasteiger partial charge in [0.1, 0.15) is 5.01 Å². The Bertz CT molecular complexity index is 540. The van der Waals surface area contributed by atoms with Crippen LogP contribution in [0.1, 0.15) is 4.88 Å². The third-order valence-electron chi connectivity index (χ3n) is 2.19. The lowest BCUT2D eigenvalue weighted by Crippen LogP contribution is -2.13. The summed E-state index contributed by atoms with van der Waals surface area (Å²) in [5, 5.41) is 0.771. The molecule has 0 amide bonds. The summed E-state index contributed by atoms with van der Waals surface area (Å²) in [6.45, 7) is 1.75. The quantitative estimate of drug-likeness (QED) is 0.791. The van der Waals surface area contributed by atoms with E-state index in [1.54, 1.807) is 6.20 Å². The molecule has 0 aliphatic rings. The number of nitrogens with zero attached hydrogens (tertiary/aromatic N) is 2. The minimum Gasteiger partial charge on any atom is -0.466 e. The Morgan fingerprint density at radius 1 is 1.44 bits per heavy atom. The van der Waals surface area contributed by atoms with Crippen LogP contribution in [-0.2, 0) is 9.53 Å². The smallest absolute Gasteiger partial charge is 0.343 e. The fraction of sp³-hybridized carbons (Fsp3) is 0.250. The third-order valence-corrected chi connectivity index (χ3v) is 3.17. The molecule has 94 valence electrons. The number of rotatable bonds is 4. The van der Waals surface area contributed by atoms with Crippen LogP contribution >= 0.6 is 11.3 Å². The lowest BCUT2D eigenvalue weighted by Gasteiger charge is -2.01. The molecule has 0 aliphatic heterocycles. The number of carbonyl (C=O) groups excluding carboxylic acids is 1. The van der Waals surface area contributed by atoms with Crippen LogP contribution in [0.5, 0.6) is 5.88 Å². The van der Waals surface area contributed by atoms with Gasteiger partial charge in [0.25, 0.3) is 0 Å². The van der Waals surface area contributed by atoms with Gasteiger partial charge in [0, 0.05) is 6.20 Å². The number of pyridine rings is 1. The molecular formula is C12H12N2O3S. The summed E-state index contributed by atoms with van der Waals surface area (Å²) in [4.78, 5) is 20.4. The van der Waals surface area contributed by atoms with Gasteiger partial charge in [-0.1, -0.05) is 6.07 Å². The van der Waals surface area contributed by atoms with Crippen LogP contribution in [0.3, 0.4) is 0 Å². The van der Waals surface area contributed by atoms with E-state index in [2.05, 4.69) is 14.7 Å². The zero-order chi connectivity index (χ0) is 13.0. The van der Waals surface area contributed by atoms with Gasteiger partial charge in [-0.25, -0.2) is 4.79 Å². The van der Waals surface area contributed by atoms with E-state index in [1.165, 1.54) is 18.4 Å². The zero-order valence-corrected chi connectivity index (χ0v) is 10.9. The third kappa shape index (κ3) is 2.84. The summed E-state index contributed by atoms with van der Waals surface area (Å²) in [5.41, 5.74) is 0.790. The van der Waals surface area contributed by atoms with Gasteiger partial charge in [-0.2, -0.15) is 4.98 Å². The molecule has 0 saturated carbocycles. The van der Waals surface area contributed by atoms with Gasteiger partial charge in [-0.3, -0.25) is 4.98 Å². The Balaban J connectivity index is 2.15. The van der Waals surface area contributed by atoms with E-state index in [1.807, 2.05) is 25.1 Å².